The van der Waals surface area contributed by atoms with Crippen LogP contribution in [0.4, 0.5) is 10.5 Å². The normalized spacial score (nSPS) is 10.9. The first-order valence-electron chi connectivity index (χ1n) is 5.21. The Labute approximate surface area is 106 Å². The van der Waals surface area contributed by atoms with Crippen LogP contribution in [0.1, 0.15) is 11.1 Å². The average Bonchev–Trinajstić information content (AvgIpc) is 2.22. The topological polar surface area (TPSA) is 84.5 Å². The van der Waals surface area contributed by atoms with Crippen molar-refractivity contribution in [2.24, 2.45) is 0 Å². The minimum absolute atomic E-state index is 0.364. The van der Waals surface area contributed by atoms with Crippen LogP contribution in [-0.4, -0.2) is 27.8 Å². The number of sulfonamides is 1. The minimum atomic E-state index is -3.33. The number of aryl methyl sites for hydroxylation is 2. The maximum atomic E-state index is 11.2. The predicted molar refractivity (Wildman–Crippen MR) is 69.5 cm³/mol. The molecule has 100 valence electrons. The zero-order valence-corrected chi connectivity index (χ0v) is 11.5. The summed E-state index contributed by atoms with van der Waals surface area (Å²) in [7, 11) is -1.87. The van der Waals surface area contributed by atoms with Crippen LogP contribution in [0.3, 0.4) is 0 Å². The second-order valence-corrected chi connectivity index (χ2v) is 5.69. The number of carbonyl (C=O) groups excluding carboxylic acids is 1. The summed E-state index contributed by atoms with van der Waals surface area (Å²) in [6.07, 6.45) is 0.513. The Bertz CT molecular complexity index is 543. The van der Waals surface area contributed by atoms with Crippen LogP contribution in [0, 0.1) is 13.8 Å². The standard InChI is InChI=1S/C11H16N2O4S/c1-7-5-9(17-11(14)12-3)6-8(2)10(7)13-18(4,15)16/h5-6,13H,1-4H3,(H,12,14). The third-order valence-corrected chi connectivity index (χ3v) is 2.78. The molecule has 1 rings (SSSR count). The Kier molecular flexibility index (Phi) is 4.18. The third-order valence-electron chi connectivity index (χ3n) is 2.21. The number of hydrogen-bond acceptors (Lipinski definition) is 4. The summed E-state index contributed by atoms with van der Waals surface area (Å²) < 4.78 is 29.8. The fraction of sp³-hybridized carbons (Fsp3) is 0.364. The molecule has 0 unspecified atom stereocenters. The van der Waals surface area contributed by atoms with Crippen molar-refractivity contribution in [2.45, 2.75) is 13.8 Å². The van der Waals surface area contributed by atoms with Crippen LogP contribution < -0.4 is 14.8 Å². The SMILES string of the molecule is CNC(=O)Oc1cc(C)c(NS(C)(=O)=O)c(C)c1. The molecule has 7 heteroatoms. The monoisotopic (exact) mass is 272 g/mol. The molecule has 0 heterocycles. The molecule has 0 aromatic heterocycles. The predicted octanol–water partition coefficient (Wildman–Crippen LogP) is 1.39. The molecule has 0 aliphatic rings. The first-order valence-corrected chi connectivity index (χ1v) is 7.10. The van der Waals surface area contributed by atoms with Gasteiger partial charge in [-0.15, -0.1) is 0 Å². The fourth-order valence-corrected chi connectivity index (χ4v) is 2.18. The molecular weight excluding hydrogens is 256 g/mol. The van der Waals surface area contributed by atoms with Gasteiger partial charge in [0.05, 0.1) is 11.9 Å². The molecule has 1 aromatic rings. The lowest BCUT2D eigenvalue weighted by molar-refractivity contribution is 0.203. The molecule has 18 heavy (non-hydrogen) atoms. The molecule has 2 N–H and O–H groups in total. The molecule has 0 radical (unpaired) electrons. The molecule has 0 saturated heterocycles. The molecule has 0 aliphatic heterocycles. The first-order chi connectivity index (χ1) is 8.23. The van der Waals surface area contributed by atoms with E-state index in [1.807, 2.05) is 0 Å². The highest BCUT2D eigenvalue weighted by molar-refractivity contribution is 7.92. The van der Waals surface area contributed by atoms with E-state index in [-0.39, 0.29) is 0 Å². The summed E-state index contributed by atoms with van der Waals surface area (Å²) in [6, 6.07) is 3.19. The van der Waals surface area contributed by atoms with Gasteiger partial charge >= 0.3 is 6.09 Å². The second kappa shape index (κ2) is 5.26. The lowest BCUT2D eigenvalue weighted by Gasteiger charge is -2.13. The highest BCUT2D eigenvalue weighted by Gasteiger charge is 2.11. The van der Waals surface area contributed by atoms with E-state index >= 15 is 0 Å². The van der Waals surface area contributed by atoms with Crippen molar-refractivity contribution in [1.29, 1.82) is 0 Å². The van der Waals surface area contributed by atoms with E-state index in [1.54, 1.807) is 26.0 Å². The third kappa shape index (κ3) is 3.92. The molecule has 0 spiro atoms. The molecule has 0 fully saturated rings. The van der Waals surface area contributed by atoms with Crippen molar-refractivity contribution in [3.05, 3.63) is 23.3 Å². The van der Waals surface area contributed by atoms with Crippen LogP contribution in [-0.2, 0) is 10.0 Å². The van der Waals surface area contributed by atoms with E-state index in [2.05, 4.69) is 10.0 Å². The van der Waals surface area contributed by atoms with Gasteiger partial charge in [-0.2, -0.15) is 0 Å². The number of anilines is 1. The van der Waals surface area contributed by atoms with E-state index in [1.165, 1.54) is 7.05 Å². The van der Waals surface area contributed by atoms with E-state index in [0.717, 1.165) is 6.26 Å². The Hall–Kier alpha value is -1.76. The van der Waals surface area contributed by atoms with Gasteiger partial charge in [0.1, 0.15) is 5.75 Å². The van der Waals surface area contributed by atoms with E-state index < -0.39 is 16.1 Å². The lowest BCUT2D eigenvalue weighted by Crippen LogP contribution is -2.22. The number of carbonyl (C=O) groups is 1. The van der Waals surface area contributed by atoms with Gasteiger partial charge in [-0.1, -0.05) is 0 Å². The molecule has 0 saturated carbocycles. The largest absolute Gasteiger partial charge is 0.412 e. The number of nitrogens with one attached hydrogen (secondary N) is 2. The fourth-order valence-electron chi connectivity index (χ4n) is 1.49. The van der Waals surface area contributed by atoms with Crippen molar-refractivity contribution in [3.8, 4) is 5.75 Å². The summed E-state index contributed by atoms with van der Waals surface area (Å²) in [5, 5.41) is 2.33. The first kappa shape index (κ1) is 14.3. The zero-order valence-electron chi connectivity index (χ0n) is 10.7. The number of hydrogen-bond donors (Lipinski definition) is 2. The second-order valence-electron chi connectivity index (χ2n) is 3.95. The summed E-state index contributed by atoms with van der Waals surface area (Å²) >= 11 is 0. The average molecular weight is 272 g/mol. The van der Waals surface area contributed by atoms with Crippen molar-refractivity contribution in [1.82, 2.24) is 5.32 Å². The van der Waals surface area contributed by atoms with Gasteiger partial charge in [0.25, 0.3) is 0 Å². The number of ether oxygens (including phenoxy) is 1. The van der Waals surface area contributed by atoms with Crippen LogP contribution in [0.2, 0.25) is 0 Å². The van der Waals surface area contributed by atoms with E-state index in [4.69, 9.17) is 4.74 Å². The number of benzene rings is 1. The Morgan fingerprint density at radius 2 is 1.72 bits per heavy atom. The van der Waals surface area contributed by atoms with Gasteiger partial charge in [0.15, 0.2) is 0 Å². The quantitative estimate of drug-likeness (QED) is 0.871. The highest BCUT2D eigenvalue weighted by Crippen LogP contribution is 2.27. The van der Waals surface area contributed by atoms with Gasteiger partial charge in [0, 0.05) is 7.05 Å². The van der Waals surface area contributed by atoms with Gasteiger partial charge in [0.2, 0.25) is 10.0 Å². The van der Waals surface area contributed by atoms with Crippen LogP contribution in [0.15, 0.2) is 12.1 Å². The number of rotatable bonds is 3. The molecule has 0 atom stereocenters. The van der Waals surface area contributed by atoms with Crippen LogP contribution in [0.25, 0.3) is 0 Å². The van der Waals surface area contributed by atoms with Crippen molar-refractivity contribution < 1.29 is 17.9 Å². The molecule has 6 nitrogen and oxygen atoms in total. The Morgan fingerprint density at radius 3 is 2.11 bits per heavy atom. The maximum absolute atomic E-state index is 11.2. The summed E-state index contributed by atoms with van der Waals surface area (Å²) in [5.41, 5.74) is 1.86. The van der Waals surface area contributed by atoms with Gasteiger partial charge < -0.3 is 10.1 Å². The van der Waals surface area contributed by atoms with E-state index in [9.17, 15) is 13.2 Å². The van der Waals surface area contributed by atoms with Gasteiger partial charge in [-0.3, -0.25) is 4.72 Å². The summed E-state index contributed by atoms with van der Waals surface area (Å²) in [5.74, 6) is 0.364. The van der Waals surface area contributed by atoms with Crippen molar-refractivity contribution in [2.75, 3.05) is 18.0 Å². The van der Waals surface area contributed by atoms with Gasteiger partial charge in [-0.25, -0.2) is 13.2 Å². The highest BCUT2D eigenvalue weighted by atomic mass is 32.2. The molecule has 1 amide bonds. The Balaban J connectivity index is 3.08. The van der Waals surface area contributed by atoms with E-state index in [0.29, 0.717) is 22.6 Å². The number of amides is 1. The van der Waals surface area contributed by atoms with Gasteiger partial charge in [-0.05, 0) is 37.1 Å². The zero-order chi connectivity index (χ0) is 13.9. The van der Waals surface area contributed by atoms with Crippen LogP contribution >= 0.6 is 0 Å². The molecule has 0 aliphatic carbocycles. The van der Waals surface area contributed by atoms with Crippen LogP contribution in [0.5, 0.6) is 5.75 Å². The van der Waals surface area contributed by atoms with Crippen molar-refractivity contribution in [3.63, 3.8) is 0 Å². The lowest BCUT2D eigenvalue weighted by atomic mass is 10.1. The molecule has 1 aromatic carbocycles. The molecular formula is C11H16N2O4S. The van der Waals surface area contributed by atoms with Crippen molar-refractivity contribution >= 4 is 21.8 Å². The smallest absolute Gasteiger partial charge is 0.410 e. The summed E-state index contributed by atoms with van der Waals surface area (Å²) in [6.45, 7) is 3.47. The summed E-state index contributed by atoms with van der Waals surface area (Å²) in [4.78, 5) is 11.1. The minimum Gasteiger partial charge on any atom is -0.410 e. The maximum Gasteiger partial charge on any atom is 0.412 e. The Morgan fingerprint density at radius 1 is 1.22 bits per heavy atom. The molecule has 0 bridgehead atoms.